The number of carboxylic acids is 1. The fourth-order valence-electron chi connectivity index (χ4n) is 2.62. The highest BCUT2D eigenvalue weighted by molar-refractivity contribution is 7.91. The Morgan fingerprint density at radius 1 is 1.42 bits per heavy atom. The Morgan fingerprint density at radius 2 is 2.05 bits per heavy atom. The number of sulfone groups is 1. The quantitative estimate of drug-likeness (QED) is 0.887. The van der Waals surface area contributed by atoms with Gasteiger partial charge in [0.05, 0.1) is 16.3 Å². The first-order valence-corrected chi connectivity index (χ1v) is 7.70. The highest BCUT2D eigenvalue weighted by atomic mass is 32.2. The van der Waals surface area contributed by atoms with Crippen molar-refractivity contribution in [1.82, 2.24) is 0 Å². The van der Waals surface area contributed by atoms with Crippen molar-refractivity contribution in [1.29, 1.82) is 0 Å². The predicted molar refractivity (Wildman–Crippen MR) is 72.4 cm³/mol. The third-order valence-electron chi connectivity index (χ3n) is 3.33. The Balaban J connectivity index is 2.69. The number of carbonyl (C=O) groups is 1. The molecule has 1 N–H and O–H groups in total. The van der Waals surface area contributed by atoms with Crippen molar-refractivity contribution in [2.45, 2.75) is 31.7 Å². The van der Waals surface area contributed by atoms with Gasteiger partial charge < -0.3 is 10.0 Å². The zero-order valence-corrected chi connectivity index (χ0v) is 12.0. The molecule has 0 saturated carbocycles. The highest BCUT2D eigenvalue weighted by Gasteiger charge is 2.35. The summed E-state index contributed by atoms with van der Waals surface area (Å²) < 4.78 is 24.5. The second-order valence-corrected chi connectivity index (χ2v) is 7.08. The number of hydrogen-bond donors (Lipinski definition) is 1. The summed E-state index contributed by atoms with van der Waals surface area (Å²) in [7, 11) is -3.34. The Morgan fingerprint density at radius 3 is 2.63 bits per heavy atom. The number of carboxylic acid groups (broad SMARTS) is 1. The summed E-state index contributed by atoms with van der Waals surface area (Å²) in [6.07, 6.45) is 0. The van der Waals surface area contributed by atoms with Crippen LogP contribution in [0.3, 0.4) is 0 Å². The Kier molecular flexibility index (Phi) is 3.30. The van der Waals surface area contributed by atoms with E-state index in [2.05, 4.69) is 0 Å². The smallest absolute Gasteiger partial charge is 0.323 e. The van der Waals surface area contributed by atoms with Gasteiger partial charge in [-0.05, 0) is 38.0 Å². The molecule has 0 aromatic heterocycles. The minimum atomic E-state index is -3.34. The van der Waals surface area contributed by atoms with Crippen LogP contribution in [-0.2, 0) is 14.6 Å². The molecule has 1 aromatic rings. The fourth-order valence-corrected chi connectivity index (χ4v) is 4.56. The summed E-state index contributed by atoms with van der Waals surface area (Å²) in [5, 5.41) is 8.99. The van der Waals surface area contributed by atoms with Gasteiger partial charge in [-0.2, -0.15) is 0 Å². The molecule has 0 spiro atoms. The molecule has 1 heterocycles. The van der Waals surface area contributed by atoms with E-state index in [9.17, 15) is 13.2 Å². The summed E-state index contributed by atoms with van der Waals surface area (Å²) in [6.45, 7) is 5.20. The molecule has 0 fully saturated rings. The minimum Gasteiger partial charge on any atom is -0.480 e. The van der Waals surface area contributed by atoms with Crippen LogP contribution in [0, 0.1) is 13.8 Å². The Hall–Kier alpha value is -1.56. The number of benzene rings is 1. The summed E-state index contributed by atoms with van der Waals surface area (Å²) >= 11 is 0. The predicted octanol–water partition coefficient (Wildman–Crippen LogP) is 1.37. The number of aliphatic carboxylic acids is 1. The molecule has 6 heteroatoms. The molecule has 104 valence electrons. The maximum Gasteiger partial charge on any atom is 0.323 e. The first kappa shape index (κ1) is 13.9. The molecular formula is C13H17NO4S. The van der Waals surface area contributed by atoms with E-state index in [1.54, 1.807) is 17.9 Å². The summed E-state index contributed by atoms with van der Waals surface area (Å²) in [6, 6.07) is 3.16. The monoisotopic (exact) mass is 283 g/mol. The van der Waals surface area contributed by atoms with Crippen LogP contribution in [0.2, 0.25) is 0 Å². The number of nitrogens with zero attached hydrogens (tertiary/aromatic N) is 1. The number of hydrogen-bond acceptors (Lipinski definition) is 4. The zero-order chi connectivity index (χ0) is 14.4. The van der Waals surface area contributed by atoms with Gasteiger partial charge in [-0.1, -0.05) is 6.07 Å². The molecule has 1 atom stereocenters. The van der Waals surface area contributed by atoms with Crippen molar-refractivity contribution in [3.05, 3.63) is 23.3 Å². The molecule has 2 rings (SSSR count). The molecule has 0 saturated heterocycles. The van der Waals surface area contributed by atoms with Gasteiger partial charge in [0.15, 0.2) is 9.84 Å². The first-order valence-electron chi connectivity index (χ1n) is 6.05. The van der Waals surface area contributed by atoms with E-state index in [0.717, 1.165) is 11.1 Å². The van der Waals surface area contributed by atoms with Crippen molar-refractivity contribution < 1.29 is 18.3 Å². The molecule has 5 nitrogen and oxygen atoms in total. The van der Waals surface area contributed by atoms with E-state index < -0.39 is 15.8 Å². The van der Waals surface area contributed by atoms with Gasteiger partial charge in [0, 0.05) is 6.04 Å². The lowest BCUT2D eigenvalue weighted by molar-refractivity contribution is -0.135. The molecule has 1 unspecified atom stereocenters. The lowest BCUT2D eigenvalue weighted by Crippen LogP contribution is -2.46. The van der Waals surface area contributed by atoms with Crippen LogP contribution >= 0.6 is 0 Å². The van der Waals surface area contributed by atoms with E-state index in [1.807, 2.05) is 19.9 Å². The molecule has 0 aliphatic carbocycles. The zero-order valence-electron chi connectivity index (χ0n) is 11.2. The number of anilines is 1. The van der Waals surface area contributed by atoms with Gasteiger partial charge in [-0.25, -0.2) is 8.42 Å². The number of aryl methyl sites for hydroxylation is 2. The third-order valence-corrected chi connectivity index (χ3v) is 5.23. The Labute approximate surface area is 112 Å². The SMILES string of the molecule is Cc1cc(C)c2c(c1)S(=O)(=O)CC(C)N2CC(=O)O. The highest BCUT2D eigenvalue weighted by Crippen LogP contribution is 2.36. The standard InChI is InChI=1S/C13H17NO4S/c1-8-4-9(2)13-11(5-8)19(17,18)7-10(3)14(13)6-12(15)16/h4-5,10H,6-7H2,1-3H3,(H,15,16). The molecule has 1 aliphatic heterocycles. The van der Waals surface area contributed by atoms with Crippen LogP contribution in [0.5, 0.6) is 0 Å². The third kappa shape index (κ3) is 2.45. The van der Waals surface area contributed by atoms with Crippen LogP contribution in [0.4, 0.5) is 5.69 Å². The van der Waals surface area contributed by atoms with Gasteiger partial charge >= 0.3 is 5.97 Å². The van der Waals surface area contributed by atoms with E-state index >= 15 is 0 Å². The summed E-state index contributed by atoms with van der Waals surface area (Å²) in [5.41, 5.74) is 2.20. The Bertz CT molecular complexity index is 636. The normalized spacial score (nSPS) is 21.0. The molecule has 19 heavy (non-hydrogen) atoms. The maximum atomic E-state index is 12.2. The lowest BCUT2D eigenvalue weighted by Gasteiger charge is -2.36. The van der Waals surface area contributed by atoms with Gasteiger partial charge in [-0.15, -0.1) is 0 Å². The van der Waals surface area contributed by atoms with Crippen LogP contribution < -0.4 is 4.90 Å². The first-order chi connectivity index (χ1) is 8.72. The van der Waals surface area contributed by atoms with E-state index in [-0.39, 0.29) is 23.2 Å². The molecule has 1 aliphatic rings. The van der Waals surface area contributed by atoms with E-state index in [1.165, 1.54) is 0 Å². The maximum absolute atomic E-state index is 12.2. The van der Waals surface area contributed by atoms with Gasteiger partial charge in [-0.3, -0.25) is 4.79 Å². The van der Waals surface area contributed by atoms with Crippen LogP contribution in [0.25, 0.3) is 0 Å². The average molecular weight is 283 g/mol. The fraction of sp³-hybridized carbons (Fsp3) is 0.462. The van der Waals surface area contributed by atoms with Crippen LogP contribution in [0.1, 0.15) is 18.1 Å². The lowest BCUT2D eigenvalue weighted by atomic mass is 10.1. The van der Waals surface area contributed by atoms with Crippen LogP contribution in [0.15, 0.2) is 17.0 Å². The molecule has 0 radical (unpaired) electrons. The van der Waals surface area contributed by atoms with Crippen molar-refractivity contribution in [2.24, 2.45) is 0 Å². The van der Waals surface area contributed by atoms with Crippen LogP contribution in [-0.4, -0.2) is 37.8 Å². The van der Waals surface area contributed by atoms with Crippen molar-refractivity contribution in [3.63, 3.8) is 0 Å². The largest absolute Gasteiger partial charge is 0.480 e. The molecular weight excluding hydrogens is 266 g/mol. The number of rotatable bonds is 2. The summed E-state index contributed by atoms with van der Waals surface area (Å²) in [4.78, 5) is 12.9. The second-order valence-electron chi connectivity index (χ2n) is 5.08. The van der Waals surface area contributed by atoms with E-state index in [0.29, 0.717) is 5.69 Å². The van der Waals surface area contributed by atoms with Crippen molar-refractivity contribution in [3.8, 4) is 0 Å². The topological polar surface area (TPSA) is 74.7 Å². The average Bonchev–Trinajstić information content (AvgIpc) is 2.23. The summed E-state index contributed by atoms with van der Waals surface area (Å²) in [5.74, 6) is -1.01. The number of fused-ring (bicyclic) bond motifs is 1. The van der Waals surface area contributed by atoms with Crippen molar-refractivity contribution >= 4 is 21.5 Å². The molecule has 0 bridgehead atoms. The second kappa shape index (κ2) is 4.52. The minimum absolute atomic E-state index is 0.0455. The van der Waals surface area contributed by atoms with Gasteiger partial charge in [0.2, 0.25) is 0 Å². The van der Waals surface area contributed by atoms with Gasteiger partial charge in [0.25, 0.3) is 0 Å². The molecule has 1 aromatic carbocycles. The van der Waals surface area contributed by atoms with Crippen molar-refractivity contribution in [2.75, 3.05) is 17.2 Å². The molecule has 0 amide bonds. The van der Waals surface area contributed by atoms with Gasteiger partial charge in [0.1, 0.15) is 6.54 Å². The van der Waals surface area contributed by atoms with E-state index in [4.69, 9.17) is 5.11 Å².